The van der Waals surface area contributed by atoms with Crippen molar-refractivity contribution >= 4 is 5.91 Å². The highest BCUT2D eigenvalue weighted by atomic mass is 19.4. The quantitative estimate of drug-likeness (QED) is 0.672. The van der Waals surface area contributed by atoms with Crippen LogP contribution in [-0.2, 0) is 10.3 Å². The second kappa shape index (κ2) is 5.68. The highest BCUT2D eigenvalue weighted by Gasteiger charge is 2.44. The summed E-state index contributed by atoms with van der Waals surface area (Å²) in [4.78, 5) is 12.9. The fourth-order valence-corrected chi connectivity index (χ4v) is 2.35. The molecule has 0 spiro atoms. The van der Waals surface area contributed by atoms with Crippen LogP contribution in [0.15, 0.2) is 30.4 Å². The normalized spacial score (nSPS) is 22.8. The van der Waals surface area contributed by atoms with Crippen molar-refractivity contribution in [2.45, 2.75) is 18.1 Å². The van der Waals surface area contributed by atoms with Crippen LogP contribution in [0.1, 0.15) is 12.0 Å². The molecular weight excluding hydrogens is 307 g/mol. The highest BCUT2D eigenvalue weighted by Crippen LogP contribution is 2.31. The van der Waals surface area contributed by atoms with Crippen molar-refractivity contribution in [3.63, 3.8) is 0 Å². The van der Waals surface area contributed by atoms with E-state index in [1.54, 1.807) is 0 Å². The van der Waals surface area contributed by atoms with Crippen molar-refractivity contribution < 1.29 is 26.7 Å². The monoisotopic (exact) mass is 320 g/mol. The van der Waals surface area contributed by atoms with Gasteiger partial charge in [0.25, 0.3) is 0 Å². The van der Waals surface area contributed by atoms with Gasteiger partial charge in [0.2, 0.25) is 5.91 Å². The topological polar surface area (TPSA) is 46.3 Å². The molecule has 22 heavy (non-hydrogen) atoms. The Kier molecular flexibility index (Phi) is 4.23. The molecule has 1 amide bonds. The van der Waals surface area contributed by atoms with Crippen LogP contribution in [0, 0.1) is 11.6 Å². The first-order valence-corrected chi connectivity index (χ1v) is 6.39. The minimum Gasteiger partial charge on any atom is -0.328 e. The predicted molar refractivity (Wildman–Crippen MR) is 68.6 cm³/mol. The summed E-state index contributed by atoms with van der Waals surface area (Å²) in [6.07, 6.45) is -2.11. The molecule has 0 saturated carbocycles. The number of carbonyl (C=O) groups excluding carboxylic acids is 1. The summed E-state index contributed by atoms with van der Waals surface area (Å²) in [5.41, 5.74) is 3.35. The van der Waals surface area contributed by atoms with E-state index in [1.165, 1.54) is 12.2 Å². The Balaban J connectivity index is 2.45. The number of hydrogen-bond acceptors (Lipinski definition) is 2. The van der Waals surface area contributed by atoms with E-state index in [-0.39, 0.29) is 13.0 Å². The van der Waals surface area contributed by atoms with Gasteiger partial charge in [0.1, 0.15) is 12.1 Å². The van der Waals surface area contributed by atoms with Crippen molar-refractivity contribution in [2.75, 3.05) is 13.1 Å². The molecule has 1 aliphatic rings. The van der Waals surface area contributed by atoms with Crippen LogP contribution in [0.4, 0.5) is 22.0 Å². The number of alkyl halides is 3. The highest BCUT2D eigenvalue weighted by molar-refractivity contribution is 5.88. The summed E-state index contributed by atoms with van der Waals surface area (Å²) in [7, 11) is 0. The number of carbonyl (C=O) groups is 1. The molecule has 1 heterocycles. The largest absolute Gasteiger partial charge is 0.406 e. The lowest BCUT2D eigenvalue weighted by Gasteiger charge is -2.32. The zero-order chi connectivity index (χ0) is 16.5. The Bertz CT molecular complexity index is 614. The summed E-state index contributed by atoms with van der Waals surface area (Å²) < 4.78 is 64.9. The van der Waals surface area contributed by atoms with Gasteiger partial charge in [0, 0.05) is 12.1 Å². The van der Waals surface area contributed by atoms with Crippen molar-refractivity contribution in [1.82, 2.24) is 4.90 Å². The molecule has 2 rings (SSSR count). The molecule has 0 bridgehead atoms. The van der Waals surface area contributed by atoms with Crippen LogP contribution in [0.2, 0.25) is 0 Å². The first-order valence-electron chi connectivity index (χ1n) is 6.39. The smallest absolute Gasteiger partial charge is 0.328 e. The van der Waals surface area contributed by atoms with Gasteiger partial charge in [-0.3, -0.25) is 4.79 Å². The molecule has 3 nitrogen and oxygen atoms in total. The van der Waals surface area contributed by atoms with Crippen LogP contribution in [0.5, 0.6) is 0 Å². The average Bonchev–Trinajstić information content (AvgIpc) is 2.54. The maximum absolute atomic E-state index is 13.9. The van der Waals surface area contributed by atoms with Crippen molar-refractivity contribution in [3.8, 4) is 0 Å². The van der Waals surface area contributed by atoms with Gasteiger partial charge in [-0.15, -0.1) is 0 Å². The second-order valence-electron chi connectivity index (χ2n) is 5.05. The van der Waals surface area contributed by atoms with Gasteiger partial charge < -0.3 is 10.6 Å². The van der Waals surface area contributed by atoms with E-state index in [0.717, 1.165) is 18.2 Å². The lowest BCUT2D eigenvalue weighted by Crippen LogP contribution is -2.54. The summed E-state index contributed by atoms with van der Waals surface area (Å²) in [5, 5.41) is 0. The number of nitrogens with zero attached hydrogens (tertiary/aromatic N) is 1. The molecule has 0 radical (unpaired) electrons. The zero-order valence-corrected chi connectivity index (χ0v) is 11.3. The molecule has 1 atom stereocenters. The standard InChI is InChI=1S/C14H13F5N2O/c15-10-5-3-4-9(11(10)16)13(20)6-1-2-7-21(12(13)22)8-14(17,18)19/h1-5H,6-8,20H2/t13-/m0/s1. The molecular formula is C14H13F5N2O. The third kappa shape index (κ3) is 3.11. The second-order valence-corrected chi connectivity index (χ2v) is 5.05. The van der Waals surface area contributed by atoms with E-state index < -0.39 is 41.4 Å². The van der Waals surface area contributed by atoms with Gasteiger partial charge in [-0.25, -0.2) is 8.78 Å². The van der Waals surface area contributed by atoms with Crippen LogP contribution >= 0.6 is 0 Å². The number of rotatable bonds is 2. The Labute approximate surface area is 123 Å². The first-order chi connectivity index (χ1) is 10.1. The van der Waals surface area contributed by atoms with Crippen LogP contribution in [0.3, 0.4) is 0 Å². The molecule has 120 valence electrons. The van der Waals surface area contributed by atoms with Gasteiger partial charge in [0.05, 0.1) is 0 Å². The zero-order valence-electron chi connectivity index (χ0n) is 11.3. The number of amides is 1. The van der Waals surface area contributed by atoms with E-state index in [4.69, 9.17) is 5.73 Å². The van der Waals surface area contributed by atoms with Gasteiger partial charge in [-0.1, -0.05) is 24.3 Å². The molecule has 1 aromatic rings. The van der Waals surface area contributed by atoms with Gasteiger partial charge in [0.15, 0.2) is 11.6 Å². The fraction of sp³-hybridized carbons (Fsp3) is 0.357. The van der Waals surface area contributed by atoms with Crippen LogP contribution < -0.4 is 5.73 Å². The molecule has 2 N–H and O–H groups in total. The van der Waals surface area contributed by atoms with Crippen LogP contribution in [0.25, 0.3) is 0 Å². The molecule has 0 aliphatic carbocycles. The van der Waals surface area contributed by atoms with E-state index in [1.807, 2.05) is 0 Å². The third-order valence-corrected chi connectivity index (χ3v) is 3.40. The molecule has 0 unspecified atom stereocenters. The van der Waals surface area contributed by atoms with Crippen molar-refractivity contribution in [1.29, 1.82) is 0 Å². The summed E-state index contributed by atoms with van der Waals surface area (Å²) in [6, 6.07) is 3.09. The lowest BCUT2D eigenvalue weighted by molar-refractivity contribution is -0.163. The minimum atomic E-state index is -4.62. The van der Waals surface area contributed by atoms with Gasteiger partial charge in [-0.2, -0.15) is 13.2 Å². The SMILES string of the molecule is N[C@]1(c2cccc(F)c2F)CC=CCN(CC(F)(F)F)C1=O. The fourth-order valence-electron chi connectivity index (χ4n) is 2.35. The van der Waals surface area contributed by atoms with Crippen LogP contribution in [-0.4, -0.2) is 30.1 Å². The molecule has 1 aromatic carbocycles. The molecule has 0 aromatic heterocycles. The lowest BCUT2D eigenvalue weighted by atomic mass is 9.86. The minimum absolute atomic E-state index is 0.222. The maximum Gasteiger partial charge on any atom is 0.406 e. The number of halogens is 5. The molecule has 0 saturated heterocycles. The molecule has 8 heteroatoms. The number of hydrogen-bond donors (Lipinski definition) is 1. The average molecular weight is 320 g/mol. The van der Waals surface area contributed by atoms with Crippen molar-refractivity contribution in [2.24, 2.45) is 5.73 Å². The Morgan fingerprint density at radius 1 is 1.23 bits per heavy atom. The van der Waals surface area contributed by atoms with Crippen molar-refractivity contribution in [3.05, 3.63) is 47.5 Å². The Morgan fingerprint density at radius 3 is 2.55 bits per heavy atom. The van der Waals surface area contributed by atoms with E-state index in [2.05, 4.69) is 0 Å². The molecule has 1 aliphatic heterocycles. The third-order valence-electron chi connectivity index (χ3n) is 3.40. The Hall–Kier alpha value is -1.96. The summed E-state index contributed by atoms with van der Waals surface area (Å²) in [5.74, 6) is -3.65. The predicted octanol–water partition coefficient (Wildman–Crippen LogP) is 2.47. The Morgan fingerprint density at radius 2 is 1.91 bits per heavy atom. The summed E-state index contributed by atoms with van der Waals surface area (Å²) in [6.45, 7) is -1.81. The summed E-state index contributed by atoms with van der Waals surface area (Å²) >= 11 is 0. The van der Waals surface area contributed by atoms with Gasteiger partial charge >= 0.3 is 6.18 Å². The maximum atomic E-state index is 13.9. The number of nitrogens with two attached hydrogens (primary N) is 1. The van der Waals surface area contributed by atoms with E-state index in [9.17, 15) is 26.7 Å². The van der Waals surface area contributed by atoms with Gasteiger partial charge in [-0.05, 0) is 12.5 Å². The number of benzene rings is 1. The first kappa shape index (κ1) is 16.4. The molecule has 0 fully saturated rings. The van der Waals surface area contributed by atoms with E-state index >= 15 is 0 Å². The van der Waals surface area contributed by atoms with E-state index in [0.29, 0.717) is 4.90 Å².